The van der Waals surface area contributed by atoms with Gasteiger partial charge in [-0.3, -0.25) is 0 Å². The van der Waals surface area contributed by atoms with Gasteiger partial charge in [-0.2, -0.15) is 4.98 Å². The summed E-state index contributed by atoms with van der Waals surface area (Å²) in [6.07, 6.45) is 4.42. The molecule has 1 aliphatic rings. The number of halogens is 2. The molecule has 0 radical (unpaired) electrons. The molecule has 0 aliphatic carbocycles. The Labute approximate surface area is 236 Å². The molecule has 3 heterocycles. The minimum absolute atomic E-state index is 0.205. The van der Waals surface area contributed by atoms with Crippen molar-refractivity contribution in [1.82, 2.24) is 19.9 Å². The molecule has 1 saturated heterocycles. The van der Waals surface area contributed by atoms with E-state index in [9.17, 15) is 5.11 Å². The first-order valence-electron chi connectivity index (χ1n) is 12.3. The fraction of sp³-hybridized carbons (Fsp3) is 0.259. The Balaban J connectivity index is 1.38. The lowest BCUT2D eigenvalue weighted by molar-refractivity contribution is 0.145. The van der Waals surface area contributed by atoms with Crippen LogP contribution in [0.2, 0.25) is 10.0 Å². The highest BCUT2D eigenvalue weighted by Gasteiger charge is 2.20. The summed E-state index contributed by atoms with van der Waals surface area (Å²) in [6, 6.07) is 13.3. The average Bonchev–Trinajstić information content (AvgIpc) is 2.97. The normalized spacial score (nSPS) is 13.7. The number of aromatic nitrogens is 4. The van der Waals surface area contributed by atoms with Gasteiger partial charge in [0.1, 0.15) is 33.7 Å². The highest BCUT2D eigenvalue weighted by atomic mass is 35.5. The quantitative estimate of drug-likeness (QED) is 0.244. The molecule has 12 heteroatoms. The van der Waals surface area contributed by atoms with E-state index in [1.807, 2.05) is 30.3 Å². The molecule has 0 atom stereocenters. The number of nitrogens with zero attached hydrogens (tertiary/aromatic N) is 5. The summed E-state index contributed by atoms with van der Waals surface area (Å²) in [5.41, 5.74) is 2.94. The first-order chi connectivity index (χ1) is 19.0. The van der Waals surface area contributed by atoms with Gasteiger partial charge in [-0.15, -0.1) is 0 Å². The fourth-order valence-corrected chi connectivity index (χ4v) is 4.89. The standard InChI is InChI=1S/C27H27Cl2N7O3/c1-38-20-14-21(39-2)23(29)24(22(20)28)34-25-19(4-3-11-30-25)26-31-15-32-27(35-26)33-16-5-7-17(8-6-16)36-12-9-18(37)10-13-36/h3-8,11,14-15,18,37H,9-10,12-13H2,1-2H3,(H,30,34)(H,31,32,33,35). The van der Waals surface area contributed by atoms with Crippen molar-refractivity contribution in [1.29, 1.82) is 0 Å². The average molecular weight is 568 g/mol. The predicted molar refractivity (Wildman–Crippen MR) is 153 cm³/mol. The van der Waals surface area contributed by atoms with Gasteiger partial charge in [0.15, 0.2) is 5.82 Å². The number of benzene rings is 2. The van der Waals surface area contributed by atoms with Crippen LogP contribution in [0.1, 0.15) is 12.8 Å². The maximum absolute atomic E-state index is 9.76. The molecular weight excluding hydrogens is 541 g/mol. The van der Waals surface area contributed by atoms with E-state index in [-0.39, 0.29) is 16.1 Å². The zero-order valence-electron chi connectivity index (χ0n) is 21.4. The molecule has 0 spiro atoms. The smallest absolute Gasteiger partial charge is 0.230 e. The van der Waals surface area contributed by atoms with Crippen molar-refractivity contribution in [2.45, 2.75) is 18.9 Å². The van der Waals surface area contributed by atoms with E-state index in [0.717, 1.165) is 37.3 Å². The summed E-state index contributed by atoms with van der Waals surface area (Å²) in [4.78, 5) is 20.0. The molecule has 2 aromatic carbocycles. The van der Waals surface area contributed by atoms with Crippen LogP contribution in [0.4, 0.5) is 28.8 Å². The molecule has 39 heavy (non-hydrogen) atoms. The number of ether oxygens (including phenoxy) is 2. The summed E-state index contributed by atoms with van der Waals surface area (Å²) in [7, 11) is 3.02. The molecule has 4 aromatic rings. The van der Waals surface area contributed by atoms with E-state index in [1.165, 1.54) is 20.5 Å². The SMILES string of the molecule is COc1cc(OC)c(Cl)c(Nc2ncccc2-c2ncnc(Nc3ccc(N4CCC(O)CC4)cc3)n2)c1Cl. The van der Waals surface area contributed by atoms with Crippen LogP contribution in [0.3, 0.4) is 0 Å². The number of aliphatic hydroxyl groups is 1. The number of nitrogens with one attached hydrogen (secondary N) is 2. The van der Waals surface area contributed by atoms with Crippen LogP contribution in [0.15, 0.2) is 55.0 Å². The second-order valence-corrected chi connectivity index (χ2v) is 9.59. The van der Waals surface area contributed by atoms with Crippen molar-refractivity contribution in [2.24, 2.45) is 0 Å². The molecule has 0 amide bonds. The third-order valence-electron chi connectivity index (χ3n) is 6.39. The number of piperidine rings is 1. The first kappa shape index (κ1) is 26.7. The van der Waals surface area contributed by atoms with Crippen LogP contribution < -0.4 is 25.0 Å². The lowest BCUT2D eigenvalue weighted by atomic mass is 10.1. The van der Waals surface area contributed by atoms with Crippen molar-refractivity contribution in [3.05, 3.63) is 65.0 Å². The third-order valence-corrected chi connectivity index (χ3v) is 7.14. The zero-order chi connectivity index (χ0) is 27.4. The summed E-state index contributed by atoms with van der Waals surface area (Å²) >= 11 is 13.1. The van der Waals surface area contributed by atoms with Crippen molar-refractivity contribution in [3.63, 3.8) is 0 Å². The van der Waals surface area contributed by atoms with Crippen molar-refractivity contribution >= 4 is 52.0 Å². The molecule has 0 unspecified atom stereocenters. The largest absolute Gasteiger partial charge is 0.495 e. The number of anilines is 5. The van der Waals surface area contributed by atoms with E-state index < -0.39 is 0 Å². The number of pyridine rings is 1. The minimum atomic E-state index is -0.205. The Morgan fingerprint density at radius 2 is 1.62 bits per heavy atom. The molecule has 2 aromatic heterocycles. The van der Waals surface area contributed by atoms with E-state index in [1.54, 1.807) is 18.3 Å². The molecule has 5 rings (SSSR count). The van der Waals surface area contributed by atoms with Gasteiger partial charge < -0.3 is 30.1 Å². The van der Waals surface area contributed by atoms with Crippen LogP contribution in [-0.2, 0) is 0 Å². The van der Waals surface area contributed by atoms with Gasteiger partial charge in [0, 0.05) is 36.7 Å². The lowest BCUT2D eigenvalue weighted by Crippen LogP contribution is -2.35. The molecule has 1 fully saturated rings. The predicted octanol–water partition coefficient (Wildman–Crippen LogP) is 5.71. The van der Waals surface area contributed by atoms with Crippen LogP contribution in [0, 0.1) is 0 Å². The number of aliphatic hydroxyl groups excluding tert-OH is 1. The van der Waals surface area contributed by atoms with Gasteiger partial charge in [-0.25, -0.2) is 15.0 Å². The Bertz CT molecular complexity index is 1420. The van der Waals surface area contributed by atoms with Gasteiger partial charge in [-0.05, 0) is 49.2 Å². The molecular formula is C27H27Cl2N7O3. The Morgan fingerprint density at radius 3 is 2.28 bits per heavy atom. The highest BCUT2D eigenvalue weighted by Crippen LogP contribution is 2.45. The van der Waals surface area contributed by atoms with Crippen LogP contribution in [0.25, 0.3) is 11.4 Å². The van der Waals surface area contributed by atoms with Crippen LogP contribution in [0.5, 0.6) is 11.5 Å². The fourth-order valence-electron chi connectivity index (χ4n) is 4.29. The molecule has 1 aliphatic heterocycles. The van der Waals surface area contributed by atoms with Crippen molar-refractivity contribution in [3.8, 4) is 22.9 Å². The zero-order valence-corrected chi connectivity index (χ0v) is 22.9. The van der Waals surface area contributed by atoms with Gasteiger partial charge in [0.25, 0.3) is 0 Å². The summed E-state index contributed by atoms with van der Waals surface area (Å²) in [6.45, 7) is 1.68. The molecule has 0 bridgehead atoms. The maximum atomic E-state index is 9.76. The number of methoxy groups -OCH3 is 2. The Hall–Kier alpha value is -3.86. The van der Waals surface area contributed by atoms with E-state index in [2.05, 4.69) is 35.5 Å². The van der Waals surface area contributed by atoms with Gasteiger partial charge in [0.2, 0.25) is 5.95 Å². The molecule has 0 saturated carbocycles. The van der Waals surface area contributed by atoms with E-state index >= 15 is 0 Å². The van der Waals surface area contributed by atoms with Crippen LogP contribution in [-0.4, -0.2) is 58.5 Å². The summed E-state index contributed by atoms with van der Waals surface area (Å²) < 4.78 is 10.7. The Kier molecular flexibility index (Phi) is 8.16. The second kappa shape index (κ2) is 11.9. The minimum Gasteiger partial charge on any atom is -0.495 e. The second-order valence-electron chi connectivity index (χ2n) is 8.83. The highest BCUT2D eigenvalue weighted by molar-refractivity contribution is 6.41. The number of rotatable bonds is 8. The summed E-state index contributed by atoms with van der Waals surface area (Å²) in [5, 5.41) is 16.7. The third kappa shape index (κ3) is 5.93. The first-order valence-corrected chi connectivity index (χ1v) is 13.0. The molecule has 202 valence electrons. The topological polar surface area (TPSA) is 118 Å². The Morgan fingerprint density at radius 1 is 0.923 bits per heavy atom. The van der Waals surface area contributed by atoms with Gasteiger partial charge in [0.05, 0.1) is 31.6 Å². The van der Waals surface area contributed by atoms with Crippen LogP contribution >= 0.6 is 23.2 Å². The number of hydrogen-bond acceptors (Lipinski definition) is 10. The van der Waals surface area contributed by atoms with Gasteiger partial charge in [-0.1, -0.05) is 23.2 Å². The maximum Gasteiger partial charge on any atom is 0.230 e. The van der Waals surface area contributed by atoms with Crippen molar-refractivity contribution in [2.75, 3.05) is 42.8 Å². The number of hydrogen-bond donors (Lipinski definition) is 3. The van der Waals surface area contributed by atoms with Gasteiger partial charge >= 0.3 is 0 Å². The molecule has 10 nitrogen and oxygen atoms in total. The van der Waals surface area contributed by atoms with E-state index in [4.69, 9.17) is 32.7 Å². The monoisotopic (exact) mass is 567 g/mol. The summed E-state index contributed by atoms with van der Waals surface area (Å²) in [5.74, 6) is 2.00. The van der Waals surface area contributed by atoms with Crippen molar-refractivity contribution < 1.29 is 14.6 Å². The molecule has 3 N–H and O–H groups in total. The lowest BCUT2D eigenvalue weighted by Gasteiger charge is -2.31. The van der Waals surface area contributed by atoms with E-state index in [0.29, 0.717) is 40.3 Å².